The summed E-state index contributed by atoms with van der Waals surface area (Å²) >= 11 is 2.00. The highest BCUT2D eigenvalue weighted by molar-refractivity contribution is 14.1. The van der Waals surface area contributed by atoms with Crippen molar-refractivity contribution < 1.29 is 22.3 Å². The van der Waals surface area contributed by atoms with Gasteiger partial charge in [-0.3, -0.25) is 14.1 Å². The molecule has 0 amide bonds. The Morgan fingerprint density at radius 1 is 1.17 bits per heavy atom. The third-order valence-corrected chi connectivity index (χ3v) is 9.30. The van der Waals surface area contributed by atoms with Crippen LogP contribution in [0.1, 0.15) is 24.0 Å². The number of hydrogen-bond acceptors (Lipinski definition) is 6. The number of nitrogens with zero attached hydrogens (tertiary/aromatic N) is 1. The lowest BCUT2D eigenvalue weighted by Crippen LogP contribution is -2.35. The minimum absolute atomic E-state index is 0.0283. The maximum absolute atomic E-state index is 14.7. The summed E-state index contributed by atoms with van der Waals surface area (Å²) in [7, 11) is -3.94. The Balaban J connectivity index is 1.46. The van der Waals surface area contributed by atoms with E-state index in [1.807, 2.05) is 52.9 Å². The summed E-state index contributed by atoms with van der Waals surface area (Å²) in [4.78, 5) is 13.0. The van der Waals surface area contributed by atoms with E-state index in [0.717, 1.165) is 5.56 Å². The molecule has 0 saturated heterocycles. The van der Waals surface area contributed by atoms with E-state index in [2.05, 4.69) is 10.0 Å². The number of anilines is 3. The van der Waals surface area contributed by atoms with Gasteiger partial charge in [0.25, 0.3) is 5.56 Å². The third-order valence-electron chi connectivity index (χ3n) is 6.49. The van der Waals surface area contributed by atoms with E-state index >= 15 is 0 Å². The average molecular weight is 625 g/mol. The maximum Gasteiger partial charge on any atom is 0.258 e. The molecule has 1 aromatic heterocycles. The standard InChI is InChI=1S/C25H25FIN3O5S/c1-16-21(28-20-8-7-18(27)13-19(20)26)22(24-30(23(16)31)11-12-35-24)29-36(32,33)25(9-10-25)15-34-14-17-5-3-2-4-6-17/h2-8,13,28-29H,9-12,14-15H2,1H3. The Hall–Kier alpha value is -2.64. The topological polar surface area (TPSA) is 98.7 Å². The molecule has 1 fully saturated rings. The van der Waals surface area contributed by atoms with Crippen LogP contribution in [0.2, 0.25) is 0 Å². The van der Waals surface area contributed by atoms with E-state index in [-0.39, 0.29) is 47.3 Å². The van der Waals surface area contributed by atoms with Crippen LogP contribution in [-0.4, -0.2) is 30.9 Å². The van der Waals surface area contributed by atoms with Crippen molar-refractivity contribution in [3.05, 3.63) is 79.4 Å². The van der Waals surface area contributed by atoms with Crippen molar-refractivity contribution in [1.82, 2.24) is 4.57 Å². The summed E-state index contributed by atoms with van der Waals surface area (Å²) in [6, 6.07) is 14.1. The highest BCUT2D eigenvalue weighted by atomic mass is 127. The third kappa shape index (κ3) is 4.71. The van der Waals surface area contributed by atoms with Gasteiger partial charge in [-0.2, -0.15) is 0 Å². The summed E-state index contributed by atoms with van der Waals surface area (Å²) in [5.41, 5.74) is 1.26. The van der Waals surface area contributed by atoms with E-state index in [1.165, 1.54) is 10.6 Å². The zero-order valence-corrected chi connectivity index (χ0v) is 22.5. The molecule has 11 heteroatoms. The minimum Gasteiger partial charge on any atom is -0.475 e. The van der Waals surface area contributed by atoms with Crippen molar-refractivity contribution in [3.63, 3.8) is 0 Å². The largest absolute Gasteiger partial charge is 0.475 e. The lowest BCUT2D eigenvalue weighted by molar-refractivity contribution is 0.116. The van der Waals surface area contributed by atoms with E-state index < -0.39 is 20.6 Å². The van der Waals surface area contributed by atoms with Crippen molar-refractivity contribution in [2.45, 2.75) is 37.7 Å². The van der Waals surface area contributed by atoms with E-state index in [0.29, 0.717) is 29.6 Å². The first-order valence-corrected chi connectivity index (χ1v) is 14.0. The smallest absolute Gasteiger partial charge is 0.258 e. The van der Waals surface area contributed by atoms with Gasteiger partial charge in [-0.15, -0.1) is 0 Å². The van der Waals surface area contributed by atoms with Gasteiger partial charge in [-0.25, -0.2) is 12.8 Å². The molecule has 1 aliphatic carbocycles. The number of rotatable bonds is 9. The van der Waals surface area contributed by atoms with Gasteiger partial charge < -0.3 is 14.8 Å². The van der Waals surface area contributed by atoms with Gasteiger partial charge in [0, 0.05) is 9.13 Å². The van der Waals surface area contributed by atoms with Crippen molar-refractivity contribution in [2.24, 2.45) is 0 Å². The lowest BCUT2D eigenvalue weighted by Gasteiger charge is -2.23. The Kier molecular flexibility index (Phi) is 6.72. The fourth-order valence-corrected chi connectivity index (χ4v) is 6.20. The van der Waals surface area contributed by atoms with Crippen LogP contribution in [0.5, 0.6) is 5.88 Å². The summed E-state index contributed by atoms with van der Waals surface area (Å²) in [6.07, 6.45) is 0.890. The van der Waals surface area contributed by atoms with Gasteiger partial charge in [0.05, 0.1) is 31.1 Å². The van der Waals surface area contributed by atoms with Crippen LogP contribution in [-0.2, 0) is 27.9 Å². The number of pyridine rings is 1. The second-order valence-corrected chi connectivity index (χ2v) is 12.3. The maximum atomic E-state index is 14.7. The van der Waals surface area contributed by atoms with Gasteiger partial charge in [0.2, 0.25) is 15.9 Å². The molecule has 0 spiro atoms. The van der Waals surface area contributed by atoms with Crippen molar-refractivity contribution in [1.29, 1.82) is 0 Å². The normalized spacial score (nSPS) is 15.8. The number of fused-ring (bicyclic) bond motifs is 1. The molecule has 1 aliphatic heterocycles. The predicted octanol–water partition coefficient (Wildman–Crippen LogP) is 4.53. The Morgan fingerprint density at radius 3 is 2.61 bits per heavy atom. The van der Waals surface area contributed by atoms with E-state index in [9.17, 15) is 17.6 Å². The molecule has 0 bridgehead atoms. The SMILES string of the molecule is Cc1c(Nc2ccc(I)cc2F)c(NS(=O)(=O)C2(COCc3ccccc3)CC2)c2n(c1=O)CCO2. The molecular weight excluding hydrogens is 600 g/mol. The van der Waals surface area contributed by atoms with Crippen LogP contribution in [0.15, 0.2) is 53.3 Å². The molecule has 0 unspecified atom stereocenters. The van der Waals surface area contributed by atoms with Gasteiger partial charge in [-0.1, -0.05) is 30.3 Å². The molecule has 2 heterocycles. The number of aromatic nitrogens is 1. The number of halogens is 2. The molecule has 36 heavy (non-hydrogen) atoms. The average Bonchev–Trinajstić information content (AvgIpc) is 3.49. The first-order valence-electron chi connectivity index (χ1n) is 11.5. The monoisotopic (exact) mass is 625 g/mol. The summed E-state index contributed by atoms with van der Waals surface area (Å²) < 4.78 is 57.0. The first-order chi connectivity index (χ1) is 17.2. The summed E-state index contributed by atoms with van der Waals surface area (Å²) in [5, 5.41) is 2.94. The molecule has 2 aliphatic rings. The molecular formula is C25H25FIN3O5S. The molecule has 8 nitrogen and oxygen atoms in total. The minimum atomic E-state index is -3.94. The Morgan fingerprint density at radius 2 is 1.92 bits per heavy atom. The number of nitrogens with one attached hydrogen (secondary N) is 2. The molecule has 190 valence electrons. The molecule has 0 radical (unpaired) electrons. The van der Waals surface area contributed by atoms with E-state index in [1.54, 1.807) is 19.1 Å². The van der Waals surface area contributed by atoms with Crippen LogP contribution in [0.3, 0.4) is 0 Å². The zero-order chi connectivity index (χ0) is 25.5. The Bertz CT molecular complexity index is 1470. The number of sulfonamides is 1. The van der Waals surface area contributed by atoms with Crippen molar-refractivity contribution in [3.8, 4) is 5.88 Å². The van der Waals surface area contributed by atoms with Gasteiger partial charge >= 0.3 is 0 Å². The van der Waals surface area contributed by atoms with Crippen molar-refractivity contribution >= 4 is 49.7 Å². The summed E-state index contributed by atoms with van der Waals surface area (Å²) in [5.74, 6) is -0.409. The Labute approximate surface area is 222 Å². The second kappa shape index (κ2) is 9.67. The highest BCUT2D eigenvalue weighted by Crippen LogP contribution is 2.47. The number of benzene rings is 2. The van der Waals surface area contributed by atoms with E-state index in [4.69, 9.17) is 9.47 Å². The fraction of sp³-hybridized carbons (Fsp3) is 0.320. The van der Waals surface area contributed by atoms with Gasteiger partial charge in [0.1, 0.15) is 22.9 Å². The number of hydrogen-bond donors (Lipinski definition) is 2. The molecule has 1 saturated carbocycles. The van der Waals surface area contributed by atoms with Crippen LogP contribution in [0.4, 0.5) is 21.5 Å². The quantitative estimate of drug-likeness (QED) is 0.340. The lowest BCUT2D eigenvalue weighted by atomic mass is 10.2. The van der Waals surface area contributed by atoms with Crippen LogP contribution in [0.25, 0.3) is 0 Å². The number of ether oxygens (including phenoxy) is 2. The van der Waals surface area contributed by atoms with Crippen LogP contribution >= 0.6 is 22.6 Å². The molecule has 5 rings (SSSR count). The molecule has 0 atom stereocenters. The van der Waals surface area contributed by atoms with Crippen LogP contribution in [0, 0.1) is 16.3 Å². The van der Waals surface area contributed by atoms with Gasteiger partial charge in [0.15, 0.2) is 0 Å². The highest BCUT2D eigenvalue weighted by Gasteiger charge is 2.55. The molecule has 3 aromatic rings. The van der Waals surface area contributed by atoms with Crippen LogP contribution < -0.4 is 20.3 Å². The second-order valence-electron chi connectivity index (χ2n) is 9.00. The zero-order valence-electron chi connectivity index (χ0n) is 19.5. The van der Waals surface area contributed by atoms with Gasteiger partial charge in [-0.05, 0) is 66.1 Å². The molecule has 2 N–H and O–H groups in total. The predicted molar refractivity (Wildman–Crippen MR) is 144 cm³/mol. The first kappa shape index (κ1) is 25.0. The fourth-order valence-electron chi connectivity index (χ4n) is 4.20. The summed E-state index contributed by atoms with van der Waals surface area (Å²) in [6.45, 7) is 2.44. The molecule has 2 aromatic carbocycles. The van der Waals surface area contributed by atoms with Crippen molar-refractivity contribution in [2.75, 3.05) is 23.3 Å².